The summed E-state index contributed by atoms with van der Waals surface area (Å²) in [7, 11) is 0. The van der Waals surface area contributed by atoms with Crippen molar-refractivity contribution in [3.63, 3.8) is 0 Å². The molecule has 0 radical (unpaired) electrons. The number of ether oxygens (including phenoxy) is 1. The van der Waals surface area contributed by atoms with Crippen LogP contribution >= 0.6 is 0 Å². The van der Waals surface area contributed by atoms with Crippen LogP contribution in [0.25, 0.3) is 5.76 Å². The molecule has 5 rings (SSSR count). The predicted molar refractivity (Wildman–Crippen MR) is 122 cm³/mol. The number of hydrogen-bond acceptors (Lipinski definition) is 5. The zero-order valence-electron chi connectivity index (χ0n) is 18.5. The van der Waals surface area contributed by atoms with E-state index in [4.69, 9.17) is 4.74 Å². The van der Waals surface area contributed by atoms with Gasteiger partial charge >= 0.3 is 0 Å². The third-order valence-corrected chi connectivity index (χ3v) is 6.71. The SMILES string of the molecule is CCCN1C(=O)[C@@]2(C(=C(O)c3ccccc3)C(=O)C(=O)N2C[C@H]2CCCO2)c2ccccc21. The molecular formula is C26H26N2O5. The lowest BCUT2D eigenvalue weighted by Crippen LogP contribution is -2.53. The van der Waals surface area contributed by atoms with Crippen molar-refractivity contribution < 1.29 is 24.2 Å². The molecule has 2 aromatic carbocycles. The number of amides is 2. The summed E-state index contributed by atoms with van der Waals surface area (Å²) in [5.41, 5.74) is -0.314. The Hall–Kier alpha value is -3.45. The van der Waals surface area contributed by atoms with Crippen molar-refractivity contribution in [2.75, 3.05) is 24.6 Å². The lowest BCUT2D eigenvalue weighted by atomic mass is 9.81. The Kier molecular flexibility index (Phi) is 5.29. The van der Waals surface area contributed by atoms with Gasteiger partial charge in [0.15, 0.2) is 5.54 Å². The van der Waals surface area contributed by atoms with Crippen LogP contribution in [0.15, 0.2) is 60.2 Å². The maximum Gasteiger partial charge on any atom is 0.296 e. The monoisotopic (exact) mass is 446 g/mol. The van der Waals surface area contributed by atoms with Crippen molar-refractivity contribution in [2.45, 2.75) is 37.8 Å². The summed E-state index contributed by atoms with van der Waals surface area (Å²) in [4.78, 5) is 44.1. The molecule has 1 N–H and O–H groups in total. The molecule has 0 unspecified atom stereocenters. The van der Waals surface area contributed by atoms with Crippen LogP contribution in [-0.4, -0.2) is 53.4 Å². The molecule has 0 saturated carbocycles. The quantitative estimate of drug-likeness (QED) is 0.433. The highest BCUT2D eigenvalue weighted by Gasteiger charge is 2.67. The van der Waals surface area contributed by atoms with Crippen LogP contribution in [-0.2, 0) is 24.7 Å². The second-order valence-corrected chi connectivity index (χ2v) is 8.65. The van der Waals surface area contributed by atoms with Crippen LogP contribution in [0.5, 0.6) is 0 Å². The molecule has 7 nitrogen and oxygen atoms in total. The largest absolute Gasteiger partial charge is 0.507 e. The Bertz CT molecular complexity index is 1150. The van der Waals surface area contributed by atoms with Crippen LogP contribution in [0.3, 0.4) is 0 Å². The lowest BCUT2D eigenvalue weighted by molar-refractivity contribution is -0.145. The minimum atomic E-state index is -1.72. The molecule has 1 spiro atoms. The number of carbonyl (C=O) groups is 3. The molecule has 2 amide bonds. The van der Waals surface area contributed by atoms with Gasteiger partial charge in [-0.05, 0) is 25.3 Å². The highest BCUT2D eigenvalue weighted by Crippen LogP contribution is 2.53. The first kappa shape index (κ1) is 21.4. The van der Waals surface area contributed by atoms with E-state index in [-0.39, 0.29) is 29.9 Å². The van der Waals surface area contributed by atoms with Crippen molar-refractivity contribution in [1.82, 2.24) is 4.90 Å². The van der Waals surface area contributed by atoms with E-state index in [0.29, 0.717) is 36.4 Å². The molecule has 0 aliphatic carbocycles. The Labute approximate surface area is 192 Å². The highest BCUT2D eigenvalue weighted by atomic mass is 16.5. The van der Waals surface area contributed by atoms with Crippen molar-refractivity contribution in [2.24, 2.45) is 0 Å². The van der Waals surface area contributed by atoms with Gasteiger partial charge in [-0.1, -0.05) is 55.5 Å². The minimum absolute atomic E-state index is 0.107. The number of fused-ring (bicyclic) bond motifs is 2. The normalized spacial score (nSPS) is 26.0. The van der Waals surface area contributed by atoms with Crippen LogP contribution in [0.1, 0.15) is 37.3 Å². The van der Waals surface area contributed by atoms with E-state index in [2.05, 4.69) is 0 Å². The fraction of sp³-hybridized carbons (Fsp3) is 0.346. The van der Waals surface area contributed by atoms with Crippen molar-refractivity contribution in [3.8, 4) is 0 Å². The lowest BCUT2D eigenvalue weighted by Gasteiger charge is -2.35. The van der Waals surface area contributed by atoms with E-state index in [0.717, 1.165) is 12.8 Å². The maximum absolute atomic E-state index is 14.2. The molecular weight excluding hydrogens is 420 g/mol. The second-order valence-electron chi connectivity index (χ2n) is 8.65. The molecule has 7 heteroatoms. The number of benzene rings is 2. The van der Waals surface area contributed by atoms with Crippen LogP contribution < -0.4 is 4.90 Å². The Morgan fingerprint density at radius 1 is 1.09 bits per heavy atom. The van der Waals surface area contributed by atoms with E-state index in [9.17, 15) is 19.5 Å². The van der Waals surface area contributed by atoms with Gasteiger partial charge in [-0.3, -0.25) is 14.4 Å². The van der Waals surface area contributed by atoms with Gasteiger partial charge in [0.25, 0.3) is 17.6 Å². The van der Waals surface area contributed by atoms with Crippen LogP contribution in [0.4, 0.5) is 5.69 Å². The fourth-order valence-electron chi connectivity index (χ4n) is 5.30. The van der Waals surface area contributed by atoms with Gasteiger partial charge < -0.3 is 19.6 Å². The highest BCUT2D eigenvalue weighted by molar-refractivity contribution is 6.50. The van der Waals surface area contributed by atoms with Gasteiger partial charge in [0, 0.05) is 30.8 Å². The summed E-state index contributed by atoms with van der Waals surface area (Å²) in [6, 6.07) is 15.8. The van der Waals surface area contributed by atoms with E-state index in [1.165, 1.54) is 4.90 Å². The number of likely N-dealkylation sites (tertiary alicyclic amines) is 1. The standard InChI is InChI=1S/C26H26N2O5/c1-2-14-27-20-13-7-6-12-19(20)26(25(27)32)21(22(29)17-9-4-3-5-10-17)23(30)24(31)28(26)16-18-11-8-15-33-18/h3-7,9-10,12-13,18,29H,2,8,11,14-16H2,1H3/t18-,26+/m1/s1. The number of para-hydroxylation sites is 1. The smallest absolute Gasteiger partial charge is 0.296 e. The predicted octanol–water partition coefficient (Wildman–Crippen LogP) is 3.20. The average Bonchev–Trinajstić information content (AvgIpc) is 3.50. The molecule has 170 valence electrons. The Balaban J connectivity index is 1.79. The Morgan fingerprint density at radius 3 is 2.52 bits per heavy atom. The van der Waals surface area contributed by atoms with E-state index in [1.807, 2.05) is 19.1 Å². The first-order valence-electron chi connectivity index (χ1n) is 11.4. The molecule has 2 fully saturated rings. The molecule has 2 aromatic rings. The molecule has 2 atom stereocenters. The number of Topliss-reactive ketones (excluding diaryl/α,β-unsaturated/α-hetero) is 1. The Morgan fingerprint density at radius 2 is 1.82 bits per heavy atom. The van der Waals surface area contributed by atoms with Gasteiger partial charge in [-0.2, -0.15) is 0 Å². The van der Waals surface area contributed by atoms with Crippen molar-refractivity contribution in [1.29, 1.82) is 0 Å². The summed E-state index contributed by atoms with van der Waals surface area (Å²) in [6.07, 6.45) is 2.04. The summed E-state index contributed by atoms with van der Waals surface area (Å²) >= 11 is 0. The van der Waals surface area contributed by atoms with Crippen molar-refractivity contribution in [3.05, 3.63) is 71.3 Å². The number of anilines is 1. The summed E-state index contributed by atoms with van der Waals surface area (Å²) in [5, 5.41) is 11.4. The summed E-state index contributed by atoms with van der Waals surface area (Å²) in [5.74, 6) is -2.37. The number of nitrogens with zero attached hydrogens (tertiary/aromatic N) is 2. The molecule has 3 heterocycles. The van der Waals surface area contributed by atoms with Crippen molar-refractivity contribution >= 4 is 29.0 Å². The third-order valence-electron chi connectivity index (χ3n) is 6.71. The number of rotatable bonds is 5. The van der Waals surface area contributed by atoms with Gasteiger partial charge in [0.2, 0.25) is 0 Å². The van der Waals surface area contributed by atoms with E-state index >= 15 is 0 Å². The topological polar surface area (TPSA) is 87.2 Å². The van der Waals surface area contributed by atoms with E-state index < -0.39 is 17.2 Å². The number of aliphatic hydroxyl groups is 1. The first-order chi connectivity index (χ1) is 16.0. The molecule has 2 saturated heterocycles. The summed E-state index contributed by atoms with van der Waals surface area (Å²) in [6.45, 7) is 3.09. The average molecular weight is 447 g/mol. The number of ketones is 1. The fourth-order valence-corrected chi connectivity index (χ4v) is 5.30. The van der Waals surface area contributed by atoms with Gasteiger partial charge in [-0.25, -0.2) is 0 Å². The number of aliphatic hydroxyl groups excluding tert-OH is 1. The molecule has 0 bridgehead atoms. The number of carbonyl (C=O) groups excluding carboxylic acids is 3. The van der Waals surface area contributed by atoms with Gasteiger partial charge in [0.05, 0.1) is 17.4 Å². The molecule has 3 aliphatic rings. The number of hydrogen-bond donors (Lipinski definition) is 1. The van der Waals surface area contributed by atoms with Crippen LogP contribution in [0, 0.1) is 0 Å². The molecule has 0 aromatic heterocycles. The third kappa shape index (κ3) is 3.03. The van der Waals surface area contributed by atoms with Gasteiger partial charge in [-0.15, -0.1) is 0 Å². The van der Waals surface area contributed by atoms with E-state index in [1.54, 1.807) is 47.4 Å². The van der Waals surface area contributed by atoms with Gasteiger partial charge in [0.1, 0.15) is 5.76 Å². The summed E-state index contributed by atoms with van der Waals surface area (Å²) < 4.78 is 5.77. The zero-order valence-corrected chi connectivity index (χ0v) is 18.5. The molecule has 33 heavy (non-hydrogen) atoms. The minimum Gasteiger partial charge on any atom is -0.507 e. The second kappa shape index (κ2) is 8.15. The maximum atomic E-state index is 14.2. The first-order valence-corrected chi connectivity index (χ1v) is 11.4. The van der Waals surface area contributed by atoms with Crippen LogP contribution in [0.2, 0.25) is 0 Å². The zero-order chi connectivity index (χ0) is 23.2. The molecule has 3 aliphatic heterocycles.